The Hall–Kier alpha value is -3.46. The molecule has 214 valence electrons. The van der Waals surface area contributed by atoms with E-state index in [-0.39, 0.29) is 16.7 Å². The summed E-state index contributed by atoms with van der Waals surface area (Å²) in [6, 6.07) is 21.9. The van der Waals surface area contributed by atoms with Crippen molar-refractivity contribution < 1.29 is 13.2 Å². The molecular weight excluding hydrogens is 556 g/mol. The van der Waals surface area contributed by atoms with Crippen LogP contribution in [-0.2, 0) is 34.8 Å². The highest BCUT2D eigenvalue weighted by atomic mass is 35.5. The molecule has 3 aromatic carbocycles. The summed E-state index contributed by atoms with van der Waals surface area (Å²) in [4.78, 5) is 20.3. The maximum atomic E-state index is 13.9. The third kappa shape index (κ3) is 6.56. The van der Waals surface area contributed by atoms with Gasteiger partial charge in [0.25, 0.3) is 0 Å². The quantitative estimate of drug-likeness (QED) is 0.242. The molecule has 0 bridgehead atoms. The number of anilines is 1. The number of aryl methyl sites for hydroxylation is 2. The number of carbonyl (C=O) groups is 1. The number of halogens is 1. The van der Waals surface area contributed by atoms with Crippen molar-refractivity contribution in [3.05, 3.63) is 112 Å². The average molecular weight is 591 g/mol. The van der Waals surface area contributed by atoms with E-state index in [0.717, 1.165) is 46.7 Å². The van der Waals surface area contributed by atoms with E-state index in [1.54, 1.807) is 29.3 Å². The molecule has 0 aliphatic heterocycles. The molecule has 4 aromatic rings. The summed E-state index contributed by atoms with van der Waals surface area (Å²) in [5, 5.41) is 0.364. The number of rotatable bonds is 9. The molecule has 0 unspecified atom stereocenters. The Morgan fingerprint density at radius 1 is 1.12 bits per heavy atom. The number of aromatic nitrogens is 2. The van der Waals surface area contributed by atoms with Gasteiger partial charge in [0, 0.05) is 30.2 Å². The van der Waals surface area contributed by atoms with Crippen molar-refractivity contribution in [2.75, 3.05) is 4.90 Å². The van der Waals surface area contributed by atoms with Gasteiger partial charge in [-0.05, 0) is 79.1 Å². The summed E-state index contributed by atoms with van der Waals surface area (Å²) in [6.45, 7) is 4.35. The van der Waals surface area contributed by atoms with Crippen molar-refractivity contribution >= 4 is 33.2 Å². The van der Waals surface area contributed by atoms with E-state index in [2.05, 4.69) is 16.6 Å². The lowest BCUT2D eigenvalue weighted by Crippen LogP contribution is -2.33. The van der Waals surface area contributed by atoms with Crippen molar-refractivity contribution in [3.8, 4) is 0 Å². The third-order valence-electron chi connectivity index (χ3n) is 7.95. The van der Waals surface area contributed by atoms with Gasteiger partial charge in [-0.2, -0.15) is 0 Å². The number of nitrogens with one attached hydrogen (secondary N) is 1. The lowest BCUT2D eigenvalue weighted by molar-refractivity contribution is -0.119. The highest BCUT2D eigenvalue weighted by molar-refractivity contribution is 7.89. The number of hydrogen-bond donors (Lipinski definition) is 1. The largest absolute Gasteiger partial charge is 0.334 e. The first-order valence-electron chi connectivity index (χ1n) is 13.9. The first-order valence-corrected chi connectivity index (χ1v) is 15.7. The SMILES string of the molecule is Cc1ncc(CN(C(=O)C[C@@H](C)c2ccccc2)c2ccc3c(c2)[C@@H](NS(=O)(=O)c2cccc(Cl)c2)CCC3)n1C. The summed E-state index contributed by atoms with van der Waals surface area (Å²) >= 11 is 6.08. The molecular formula is C32H35ClN4O3S. The van der Waals surface area contributed by atoms with Gasteiger partial charge in [0.05, 0.1) is 23.3 Å². The van der Waals surface area contributed by atoms with Gasteiger partial charge in [-0.1, -0.05) is 61.0 Å². The minimum atomic E-state index is -3.80. The van der Waals surface area contributed by atoms with Gasteiger partial charge in [-0.25, -0.2) is 18.1 Å². The van der Waals surface area contributed by atoms with Crippen LogP contribution >= 0.6 is 11.6 Å². The molecule has 1 amide bonds. The zero-order valence-corrected chi connectivity index (χ0v) is 25.1. The zero-order chi connectivity index (χ0) is 29.1. The Labute approximate surface area is 247 Å². The van der Waals surface area contributed by atoms with Crippen LogP contribution in [0.2, 0.25) is 5.02 Å². The van der Waals surface area contributed by atoms with Crippen LogP contribution in [-0.4, -0.2) is 23.9 Å². The minimum Gasteiger partial charge on any atom is -0.334 e. The van der Waals surface area contributed by atoms with Crippen LogP contribution in [0.3, 0.4) is 0 Å². The molecule has 0 fully saturated rings. The van der Waals surface area contributed by atoms with E-state index in [9.17, 15) is 13.2 Å². The molecule has 1 aliphatic rings. The van der Waals surface area contributed by atoms with E-state index < -0.39 is 16.1 Å². The number of sulfonamides is 1. The van der Waals surface area contributed by atoms with Crippen LogP contribution < -0.4 is 9.62 Å². The first-order chi connectivity index (χ1) is 19.6. The lowest BCUT2D eigenvalue weighted by Gasteiger charge is -2.30. The van der Waals surface area contributed by atoms with Crippen LogP contribution in [0.4, 0.5) is 5.69 Å². The highest BCUT2D eigenvalue weighted by Crippen LogP contribution is 2.35. The number of amides is 1. The Bertz CT molecular complexity index is 1650. The fourth-order valence-corrected chi connectivity index (χ4v) is 6.97. The lowest BCUT2D eigenvalue weighted by atomic mass is 9.87. The molecule has 9 heteroatoms. The Morgan fingerprint density at radius 3 is 2.61 bits per heavy atom. The topological polar surface area (TPSA) is 84.3 Å². The molecule has 7 nitrogen and oxygen atoms in total. The van der Waals surface area contributed by atoms with Crippen molar-refractivity contribution in [2.24, 2.45) is 7.05 Å². The molecule has 1 N–H and O–H groups in total. The van der Waals surface area contributed by atoms with E-state index in [1.807, 2.05) is 67.1 Å². The Kier molecular flexibility index (Phi) is 8.63. The molecule has 5 rings (SSSR count). The van der Waals surface area contributed by atoms with E-state index in [1.165, 1.54) is 6.07 Å². The van der Waals surface area contributed by atoms with Crippen LogP contribution in [0.15, 0.2) is 83.9 Å². The predicted octanol–water partition coefficient (Wildman–Crippen LogP) is 6.46. The molecule has 0 radical (unpaired) electrons. The monoisotopic (exact) mass is 590 g/mol. The van der Waals surface area contributed by atoms with Crippen LogP contribution in [0, 0.1) is 6.92 Å². The summed E-state index contributed by atoms with van der Waals surface area (Å²) in [5.74, 6) is 0.896. The Balaban J connectivity index is 1.47. The van der Waals surface area contributed by atoms with Gasteiger partial charge in [0.2, 0.25) is 15.9 Å². The summed E-state index contributed by atoms with van der Waals surface area (Å²) in [5.41, 5.74) is 4.74. The van der Waals surface area contributed by atoms with Gasteiger partial charge in [-0.3, -0.25) is 4.79 Å². The van der Waals surface area contributed by atoms with Crippen LogP contribution in [0.1, 0.15) is 66.4 Å². The summed E-state index contributed by atoms with van der Waals surface area (Å²) in [6.07, 6.45) is 4.51. The van der Waals surface area contributed by atoms with Gasteiger partial charge >= 0.3 is 0 Å². The number of carbonyl (C=O) groups excluding carboxylic acids is 1. The van der Waals surface area contributed by atoms with Crippen molar-refractivity contribution in [2.45, 2.75) is 62.9 Å². The smallest absolute Gasteiger partial charge is 0.241 e. The van der Waals surface area contributed by atoms with Crippen molar-refractivity contribution in [1.29, 1.82) is 0 Å². The standard InChI is InChI=1S/C32H35ClN4O3S/c1-22(24-9-5-4-6-10-24)17-32(38)37(21-28-20-34-23(2)36(28)3)27-16-15-25-11-7-14-31(30(25)19-27)35-41(39,40)29-13-8-12-26(33)18-29/h4-6,8-10,12-13,15-16,18-20,22,31,35H,7,11,14,17,21H2,1-3H3/t22-,31+/m1/s1. The fraction of sp³-hybridized carbons (Fsp3) is 0.312. The zero-order valence-electron chi connectivity index (χ0n) is 23.5. The van der Waals surface area contributed by atoms with Crippen molar-refractivity contribution in [3.63, 3.8) is 0 Å². The van der Waals surface area contributed by atoms with Gasteiger partial charge in [0.1, 0.15) is 5.82 Å². The number of nitrogens with zero attached hydrogens (tertiary/aromatic N) is 3. The van der Waals surface area contributed by atoms with Crippen LogP contribution in [0.5, 0.6) is 0 Å². The molecule has 1 heterocycles. The number of fused-ring (bicyclic) bond motifs is 1. The molecule has 1 aromatic heterocycles. The molecule has 41 heavy (non-hydrogen) atoms. The Morgan fingerprint density at radius 2 is 1.90 bits per heavy atom. The molecule has 0 saturated heterocycles. The maximum Gasteiger partial charge on any atom is 0.241 e. The second kappa shape index (κ2) is 12.2. The predicted molar refractivity (Wildman–Crippen MR) is 163 cm³/mol. The third-order valence-corrected chi connectivity index (χ3v) is 9.65. The summed E-state index contributed by atoms with van der Waals surface area (Å²) < 4.78 is 31.5. The molecule has 2 atom stereocenters. The second-order valence-corrected chi connectivity index (χ2v) is 12.9. The number of benzene rings is 3. The van der Waals surface area contributed by atoms with Gasteiger partial charge < -0.3 is 9.47 Å². The maximum absolute atomic E-state index is 13.9. The normalized spacial score (nSPS) is 15.8. The minimum absolute atomic E-state index is 0.00739. The number of hydrogen-bond acceptors (Lipinski definition) is 4. The van der Waals surface area contributed by atoms with Crippen molar-refractivity contribution in [1.82, 2.24) is 14.3 Å². The molecule has 0 saturated carbocycles. The first kappa shape index (κ1) is 29.0. The molecule has 1 aliphatic carbocycles. The fourth-order valence-electron chi connectivity index (χ4n) is 5.42. The van der Waals surface area contributed by atoms with E-state index >= 15 is 0 Å². The van der Waals surface area contributed by atoms with Gasteiger partial charge in [-0.15, -0.1) is 0 Å². The average Bonchev–Trinajstić information content (AvgIpc) is 3.28. The van der Waals surface area contributed by atoms with Crippen LogP contribution in [0.25, 0.3) is 0 Å². The van der Waals surface area contributed by atoms with E-state index in [4.69, 9.17) is 11.6 Å². The van der Waals surface area contributed by atoms with E-state index in [0.29, 0.717) is 24.4 Å². The molecule has 0 spiro atoms. The number of imidazole rings is 1. The summed E-state index contributed by atoms with van der Waals surface area (Å²) in [7, 11) is -1.85. The highest BCUT2D eigenvalue weighted by Gasteiger charge is 2.28. The van der Waals surface area contributed by atoms with Gasteiger partial charge in [0.15, 0.2) is 0 Å². The second-order valence-electron chi connectivity index (χ2n) is 10.8.